The Morgan fingerprint density at radius 2 is 1.66 bits per heavy atom. The van der Waals surface area contributed by atoms with E-state index in [1.807, 2.05) is 42.5 Å². The zero-order valence-corrected chi connectivity index (χ0v) is 17.4. The van der Waals surface area contributed by atoms with Crippen molar-refractivity contribution >= 4 is 33.6 Å². The van der Waals surface area contributed by atoms with Gasteiger partial charge in [0.15, 0.2) is 0 Å². The molecule has 5 heteroatoms. The number of halogens is 1. The fraction of sp³-hybridized carbons (Fsp3) is 0.0370. The second-order valence-electron chi connectivity index (χ2n) is 7.38. The molecule has 4 nitrogen and oxygen atoms in total. The Hall–Kier alpha value is -4.25. The van der Waals surface area contributed by atoms with E-state index >= 15 is 0 Å². The van der Waals surface area contributed by atoms with Crippen molar-refractivity contribution in [2.45, 2.75) is 0 Å². The molecule has 0 saturated carbocycles. The van der Waals surface area contributed by atoms with Gasteiger partial charge in [-0.1, -0.05) is 36.4 Å². The Kier molecular flexibility index (Phi) is 5.22. The van der Waals surface area contributed by atoms with Crippen LogP contribution >= 0.6 is 0 Å². The number of benzene rings is 4. The van der Waals surface area contributed by atoms with Gasteiger partial charge in [-0.3, -0.25) is 5.43 Å². The summed E-state index contributed by atoms with van der Waals surface area (Å²) in [5.41, 5.74) is 7.32. The first-order chi connectivity index (χ1) is 15.7. The lowest BCUT2D eigenvalue weighted by atomic mass is 10.0. The van der Waals surface area contributed by atoms with E-state index in [4.69, 9.17) is 9.72 Å². The van der Waals surface area contributed by atoms with Gasteiger partial charge in [0.25, 0.3) is 0 Å². The van der Waals surface area contributed by atoms with Crippen LogP contribution in [0.15, 0.2) is 96.1 Å². The Labute approximate surface area is 185 Å². The first-order valence-corrected chi connectivity index (χ1v) is 10.2. The molecule has 156 valence electrons. The smallest absolute Gasteiger partial charge is 0.123 e. The minimum atomic E-state index is -0.273. The summed E-state index contributed by atoms with van der Waals surface area (Å²) in [5.74, 6) is 0.515. The average molecular weight is 421 g/mol. The third kappa shape index (κ3) is 3.88. The summed E-state index contributed by atoms with van der Waals surface area (Å²) in [5, 5.41) is 7.61. The zero-order chi connectivity index (χ0) is 21.9. The predicted molar refractivity (Wildman–Crippen MR) is 129 cm³/mol. The summed E-state index contributed by atoms with van der Waals surface area (Å²) >= 11 is 0. The molecular weight excluding hydrogens is 401 g/mol. The van der Waals surface area contributed by atoms with Crippen molar-refractivity contribution in [2.24, 2.45) is 5.10 Å². The lowest BCUT2D eigenvalue weighted by Gasteiger charge is -2.10. The van der Waals surface area contributed by atoms with Crippen molar-refractivity contribution in [3.63, 3.8) is 0 Å². The van der Waals surface area contributed by atoms with Crippen LogP contribution in [0.2, 0.25) is 0 Å². The summed E-state index contributed by atoms with van der Waals surface area (Å²) in [6.45, 7) is 0. The Bertz CT molecular complexity index is 1430. The van der Waals surface area contributed by atoms with E-state index in [1.165, 1.54) is 12.1 Å². The van der Waals surface area contributed by atoms with Gasteiger partial charge in [-0.2, -0.15) is 5.10 Å². The number of rotatable bonds is 5. The molecule has 0 fully saturated rings. The maximum absolute atomic E-state index is 13.5. The molecule has 0 aliphatic carbocycles. The number of fused-ring (bicyclic) bond motifs is 3. The lowest BCUT2D eigenvalue weighted by Crippen LogP contribution is -1.95. The van der Waals surface area contributed by atoms with Crippen LogP contribution in [0.1, 0.15) is 5.56 Å². The van der Waals surface area contributed by atoms with Crippen molar-refractivity contribution in [1.82, 2.24) is 4.98 Å². The van der Waals surface area contributed by atoms with Crippen LogP contribution in [0.3, 0.4) is 0 Å². The highest BCUT2D eigenvalue weighted by molar-refractivity contribution is 6.11. The van der Waals surface area contributed by atoms with E-state index in [1.54, 1.807) is 25.5 Å². The Morgan fingerprint density at radius 3 is 2.44 bits per heavy atom. The maximum Gasteiger partial charge on any atom is 0.123 e. The SMILES string of the molecule is COc1ccc(N/N=C/c2cc(-c3ccc(F)cc3)nc3c2ccc2ccccc23)cc1. The number of hydrogen-bond donors (Lipinski definition) is 1. The quantitative estimate of drug-likeness (QED) is 0.196. The normalized spacial score (nSPS) is 11.3. The lowest BCUT2D eigenvalue weighted by molar-refractivity contribution is 0.415. The summed E-state index contributed by atoms with van der Waals surface area (Å²) in [6.07, 6.45) is 1.79. The predicted octanol–water partition coefficient (Wildman–Crippen LogP) is 6.65. The van der Waals surface area contributed by atoms with Gasteiger partial charge in [0.1, 0.15) is 11.6 Å². The number of nitrogens with zero attached hydrogens (tertiary/aromatic N) is 2. The Morgan fingerprint density at radius 1 is 0.875 bits per heavy atom. The molecule has 1 aromatic heterocycles. The van der Waals surface area contributed by atoms with Crippen molar-refractivity contribution in [2.75, 3.05) is 12.5 Å². The zero-order valence-electron chi connectivity index (χ0n) is 17.4. The third-order valence-electron chi connectivity index (χ3n) is 5.36. The maximum atomic E-state index is 13.5. The first-order valence-electron chi connectivity index (χ1n) is 10.2. The number of ether oxygens (including phenoxy) is 1. The molecule has 0 aliphatic heterocycles. The first kappa shape index (κ1) is 19.7. The largest absolute Gasteiger partial charge is 0.497 e. The fourth-order valence-corrected chi connectivity index (χ4v) is 3.70. The third-order valence-corrected chi connectivity index (χ3v) is 5.36. The highest BCUT2D eigenvalue weighted by atomic mass is 19.1. The molecule has 32 heavy (non-hydrogen) atoms. The van der Waals surface area contributed by atoms with E-state index in [0.717, 1.165) is 49.9 Å². The van der Waals surface area contributed by atoms with Crippen LogP contribution in [-0.2, 0) is 0 Å². The molecule has 4 aromatic carbocycles. The standard InChI is InChI=1S/C27H20FN3O/c1-32-23-13-11-22(12-14-23)31-29-17-20-16-26(19-6-9-21(28)10-7-19)30-27-24-5-3-2-4-18(24)8-15-25(20)27/h2-17,31H,1H3/b29-17+. The molecule has 1 N–H and O–H groups in total. The molecule has 0 aliphatic rings. The van der Waals surface area contributed by atoms with Crippen molar-refractivity contribution in [3.8, 4) is 17.0 Å². The van der Waals surface area contributed by atoms with Crippen LogP contribution < -0.4 is 10.2 Å². The molecule has 0 saturated heterocycles. The molecule has 5 rings (SSSR count). The molecule has 0 bridgehead atoms. The van der Waals surface area contributed by atoms with E-state index in [9.17, 15) is 4.39 Å². The summed E-state index contributed by atoms with van der Waals surface area (Å²) in [6, 6.07) is 28.2. The van der Waals surface area contributed by atoms with Gasteiger partial charge in [-0.05, 0) is 60.0 Å². The summed E-state index contributed by atoms with van der Waals surface area (Å²) in [7, 11) is 1.64. The van der Waals surface area contributed by atoms with E-state index in [-0.39, 0.29) is 5.82 Å². The monoisotopic (exact) mass is 421 g/mol. The molecule has 1 heterocycles. The molecular formula is C27H20FN3O. The number of nitrogens with one attached hydrogen (secondary N) is 1. The van der Waals surface area contributed by atoms with Crippen LogP contribution in [0.4, 0.5) is 10.1 Å². The highest BCUT2D eigenvalue weighted by Crippen LogP contribution is 2.29. The van der Waals surface area contributed by atoms with Gasteiger partial charge < -0.3 is 4.74 Å². The number of pyridine rings is 1. The van der Waals surface area contributed by atoms with Crippen molar-refractivity contribution < 1.29 is 9.13 Å². The van der Waals surface area contributed by atoms with Crippen molar-refractivity contribution in [1.29, 1.82) is 0 Å². The van der Waals surface area contributed by atoms with Crippen LogP contribution in [0.5, 0.6) is 5.75 Å². The van der Waals surface area contributed by atoms with Gasteiger partial charge in [0.05, 0.1) is 30.2 Å². The minimum absolute atomic E-state index is 0.273. The summed E-state index contributed by atoms with van der Waals surface area (Å²) < 4.78 is 18.7. The number of hydrazone groups is 1. The average Bonchev–Trinajstić information content (AvgIpc) is 2.84. The molecule has 5 aromatic rings. The van der Waals surface area contributed by atoms with Gasteiger partial charge in [0.2, 0.25) is 0 Å². The highest BCUT2D eigenvalue weighted by Gasteiger charge is 2.10. The van der Waals surface area contributed by atoms with Crippen LogP contribution in [-0.4, -0.2) is 18.3 Å². The fourth-order valence-electron chi connectivity index (χ4n) is 3.70. The van der Waals surface area contributed by atoms with Crippen molar-refractivity contribution in [3.05, 3.63) is 102 Å². The van der Waals surface area contributed by atoms with Gasteiger partial charge in [0, 0.05) is 21.9 Å². The van der Waals surface area contributed by atoms with Gasteiger partial charge in [-0.15, -0.1) is 0 Å². The van der Waals surface area contributed by atoms with E-state index in [0.29, 0.717) is 0 Å². The number of hydrogen-bond acceptors (Lipinski definition) is 4. The topological polar surface area (TPSA) is 46.5 Å². The number of anilines is 1. The van der Waals surface area contributed by atoms with Crippen LogP contribution in [0, 0.1) is 5.82 Å². The summed E-state index contributed by atoms with van der Waals surface area (Å²) in [4.78, 5) is 4.93. The molecule has 0 amide bonds. The van der Waals surface area contributed by atoms with Crippen LogP contribution in [0.25, 0.3) is 32.9 Å². The molecule has 0 unspecified atom stereocenters. The minimum Gasteiger partial charge on any atom is -0.497 e. The molecule has 0 spiro atoms. The molecule has 0 atom stereocenters. The second kappa shape index (κ2) is 8.47. The molecule has 0 radical (unpaired) electrons. The van der Waals surface area contributed by atoms with E-state index < -0.39 is 0 Å². The second-order valence-corrected chi connectivity index (χ2v) is 7.38. The number of methoxy groups -OCH3 is 1. The van der Waals surface area contributed by atoms with E-state index in [2.05, 4.69) is 34.8 Å². The Balaban J connectivity index is 1.60. The van der Waals surface area contributed by atoms with Gasteiger partial charge >= 0.3 is 0 Å². The van der Waals surface area contributed by atoms with Gasteiger partial charge in [-0.25, -0.2) is 9.37 Å². The number of aromatic nitrogens is 1.